The minimum atomic E-state index is 0.190. The van der Waals surface area contributed by atoms with Crippen LogP contribution >= 0.6 is 12.2 Å². The lowest BCUT2D eigenvalue weighted by atomic mass is 9.90. The summed E-state index contributed by atoms with van der Waals surface area (Å²) < 4.78 is 0. The average molecular weight is 234 g/mol. The molecule has 0 spiro atoms. The molecule has 2 rings (SSSR count). The van der Waals surface area contributed by atoms with Gasteiger partial charge in [0.1, 0.15) is 0 Å². The number of nitrogen functional groups attached to an aromatic ring is 1. The van der Waals surface area contributed by atoms with Gasteiger partial charge in [-0.25, -0.2) is 0 Å². The number of fused-ring (bicyclic) bond motifs is 1. The standard InChI is InChI=1S/C11H14N4S/c12-8-4-5-9-7(6-8)2-1-3-10(9)14-15-11(13)16/h4-6H,1-3,12H2,(H3,13,15,16)/b14-10+. The van der Waals surface area contributed by atoms with Gasteiger partial charge in [-0.15, -0.1) is 0 Å². The lowest BCUT2D eigenvalue weighted by molar-refractivity contribution is 0.828. The fraction of sp³-hybridized carbons (Fsp3) is 0.273. The quantitative estimate of drug-likeness (QED) is 0.387. The SMILES string of the molecule is NC(=S)N/N=C1\CCCc2cc(N)ccc21. The first-order valence-corrected chi connectivity index (χ1v) is 5.58. The second-order valence-electron chi connectivity index (χ2n) is 3.80. The number of hydrazone groups is 1. The van der Waals surface area contributed by atoms with Crippen molar-refractivity contribution in [2.75, 3.05) is 5.73 Å². The van der Waals surface area contributed by atoms with Crippen LogP contribution in [0.2, 0.25) is 0 Å². The molecule has 16 heavy (non-hydrogen) atoms. The van der Waals surface area contributed by atoms with Crippen molar-refractivity contribution in [3.63, 3.8) is 0 Å². The summed E-state index contributed by atoms with van der Waals surface area (Å²) in [6.07, 6.45) is 3.06. The summed E-state index contributed by atoms with van der Waals surface area (Å²) in [4.78, 5) is 0. The first kappa shape index (κ1) is 10.9. The van der Waals surface area contributed by atoms with Gasteiger partial charge >= 0.3 is 0 Å². The van der Waals surface area contributed by atoms with Crippen molar-refractivity contribution in [2.45, 2.75) is 19.3 Å². The maximum Gasteiger partial charge on any atom is 0.184 e. The third kappa shape index (κ3) is 2.30. The Morgan fingerprint density at radius 2 is 2.19 bits per heavy atom. The summed E-state index contributed by atoms with van der Waals surface area (Å²) in [6, 6.07) is 5.90. The molecule has 0 aliphatic heterocycles. The number of rotatable bonds is 1. The molecule has 5 N–H and O–H groups in total. The van der Waals surface area contributed by atoms with E-state index in [2.05, 4.69) is 10.5 Å². The van der Waals surface area contributed by atoms with Gasteiger partial charge in [0, 0.05) is 11.3 Å². The van der Waals surface area contributed by atoms with Gasteiger partial charge in [0.25, 0.3) is 0 Å². The van der Waals surface area contributed by atoms with Crippen LogP contribution in [0.25, 0.3) is 0 Å². The molecular weight excluding hydrogens is 220 g/mol. The lowest BCUT2D eigenvalue weighted by Crippen LogP contribution is -2.26. The maximum atomic E-state index is 5.75. The molecule has 0 amide bonds. The summed E-state index contributed by atoms with van der Waals surface area (Å²) in [5.41, 5.74) is 17.9. The number of benzene rings is 1. The van der Waals surface area contributed by atoms with Gasteiger partial charge in [0.05, 0.1) is 5.71 Å². The zero-order valence-electron chi connectivity index (χ0n) is 8.86. The van der Waals surface area contributed by atoms with Crippen molar-refractivity contribution in [3.05, 3.63) is 29.3 Å². The number of anilines is 1. The van der Waals surface area contributed by atoms with Crippen LogP contribution in [0.1, 0.15) is 24.0 Å². The van der Waals surface area contributed by atoms with E-state index in [4.69, 9.17) is 23.7 Å². The van der Waals surface area contributed by atoms with Crippen LogP contribution in [0.3, 0.4) is 0 Å². The molecule has 1 aliphatic carbocycles. The van der Waals surface area contributed by atoms with E-state index in [0.29, 0.717) is 0 Å². The van der Waals surface area contributed by atoms with Crippen LogP contribution in [0.5, 0.6) is 0 Å². The molecule has 5 heteroatoms. The second-order valence-corrected chi connectivity index (χ2v) is 4.24. The van der Waals surface area contributed by atoms with Crippen LogP contribution in [-0.2, 0) is 6.42 Å². The minimum absolute atomic E-state index is 0.190. The van der Waals surface area contributed by atoms with Crippen molar-refractivity contribution in [2.24, 2.45) is 10.8 Å². The largest absolute Gasteiger partial charge is 0.399 e. The van der Waals surface area contributed by atoms with E-state index in [1.165, 1.54) is 5.56 Å². The van der Waals surface area contributed by atoms with Gasteiger partial charge in [-0.3, -0.25) is 5.43 Å². The number of hydrogen-bond donors (Lipinski definition) is 3. The molecule has 1 aliphatic rings. The Kier molecular flexibility index (Phi) is 3.05. The van der Waals surface area contributed by atoms with Crippen molar-refractivity contribution in [1.29, 1.82) is 0 Å². The number of thiocarbonyl (C=S) groups is 1. The van der Waals surface area contributed by atoms with E-state index in [9.17, 15) is 0 Å². The number of aryl methyl sites for hydroxylation is 1. The third-order valence-corrected chi connectivity index (χ3v) is 2.69. The number of nitrogens with two attached hydrogens (primary N) is 2. The molecule has 1 aromatic rings. The summed E-state index contributed by atoms with van der Waals surface area (Å²) >= 11 is 4.72. The highest BCUT2D eigenvalue weighted by Crippen LogP contribution is 2.23. The molecule has 0 fully saturated rings. The van der Waals surface area contributed by atoms with Gasteiger partial charge in [0.2, 0.25) is 0 Å². The van der Waals surface area contributed by atoms with Crippen LogP contribution < -0.4 is 16.9 Å². The molecule has 0 radical (unpaired) electrons. The summed E-state index contributed by atoms with van der Waals surface area (Å²) in [7, 11) is 0. The highest BCUT2D eigenvalue weighted by Gasteiger charge is 2.15. The zero-order chi connectivity index (χ0) is 11.5. The van der Waals surface area contributed by atoms with Crippen molar-refractivity contribution >= 4 is 28.7 Å². The van der Waals surface area contributed by atoms with Gasteiger partial charge in [0.15, 0.2) is 5.11 Å². The van der Waals surface area contributed by atoms with Gasteiger partial charge < -0.3 is 11.5 Å². The smallest absolute Gasteiger partial charge is 0.184 e. The first-order chi connectivity index (χ1) is 7.66. The molecule has 4 nitrogen and oxygen atoms in total. The van der Waals surface area contributed by atoms with Crippen LogP contribution in [0.4, 0.5) is 5.69 Å². The van der Waals surface area contributed by atoms with Crippen molar-refractivity contribution in [3.8, 4) is 0 Å². The Hall–Kier alpha value is -1.62. The summed E-state index contributed by atoms with van der Waals surface area (Å²) in [6.45, 7) is 0. The molecule has 0 atom stereocenters. The third-order valence-electron chi connectivity index (χ3n) is 2.60. The lowest BCUT2D eigenvalue weighted by Gasteiger charge is -2.18. The van der Waals surface area contributed by atoms with E-state index in [1.54, 1.807) is 0 Å². The maximum absolute atomic E-state index is 5.75. The Morgan fingerprint density at radius 1 is 1.38 bits per heavy atom. The molecule has 1 aromatic carbocycles. The van der Waals surface area contributed by atoms with E-state index < -0.39 is 0 Å². The zero-order valence-corrected chi connectivity index (χ0v) is 9.68. The Balaban J connectivity index is 2.33. The van der Waals surface area contributed by atoms with Crippen LogP contribution in [0.15, 0.2) is 23.3 Å². The monoisotopic (exact) mass is 234 g/mol. The van der Waals surface area contributed by atoms with E-state index in [0.717, 1.165) is 36.2 Å². The van der Waals surface area contributed by atoms with Gasteiger partial charge in [-0.1, -0.05) is 6.07 Å². The Bertz CT molecular complexity index is 453. The summed E-state index contributed by atoms with van der Waals surface area (Å²) in [5, 5.41) is 4.40. The summed E-state index contributed by atoms with van der Waals surface area (Å²) in [5.74, 6) is 0. The molecule has 0 saturated heterocycles. The second kappa shape index (κ2) is 4.49. The topological polar surface area (TPSA) is 76.4 Å². The number of nitrogens with one attached hydrogen (secondary N) is 1. The van der Waals surface area contributed by atoms with Crippen molar-refractivity contribution in [1.82, 2.24) is 5.43 Å². The van der Waals surface area contributed by atoms with Gasteiger partial charge in [-0.05, 0) is 49.2 Å². The molecule has 0 aromatic heterocycles. The Morgan fingerprint density at radius 3 is 2.94 bits per heavy atom. The number of nitrogens with zero attached hydrogens (tertiary/aromatic N) is 1. The van der Waals surface area contributed by atoms with E-state index >= 15 is 0 Å². The molecule has 0 bridgehead atoms. The normalized spacial score (nSPS) is 16.9. The molecule has 0 saturated carbocycles. The van der Waals surface area contributed by atoms with Crippen LogP contribution in [-0.4, -0.2) is 10.8 Å². The predicted molar refractivity (Wildman–Crippen MR) is 70.3 cm³/mol. The fourth-order valence-corrected chi connectivity index (χ4v) is 1.97. The highest BCUT2D eigenvalue weighted by atomic mass is 32.1. The van der Waals surface area contributed by atoms with Crippen LogP contribution in [0, 0.1) is 0 Å². The van der Waals surface area contributed by atoms with E-state index in [1.807, 2.05) is 18.2 Å². The highest BCUT2D eigenvalue weighted by molar-refractivity contribution is 7.80. The van der Waals surface area contributed by atoms with Crippen molar-refractivity contribution < 1.29 is 0 Å². The minimum Gasteiger partial charge on any atom is -0.399 e. The molecule has 84 valence electrons. The average Bonchev–Trinajstić information content (AvgIpc) is 2.25. The molecular formula is C11H14N4S. The Labute approximate surface area is 99.7 Å². The molecule has 0 heterocycles. The van der Waals surface area contributed by atoms with Gasteiger partial charge in [-0.2, -0.15) is 5.10 Å². The predicted octanol–water partition coefficient (Wildman–Crippen LogP) is 1.14. The number of hydrogen-bond acceptors (Lipinski definition) is 3. The fourth-order valence-electron chi connectivity index (χ4n) is 1.92. The molecule has 0 unspecified atom stereocenters. The van der Waals surface area contributed by atoms with E-state index in [-0.39, 0.29) is 5.11 Å². The first-order valence-electron chi connectivity index (χ1n) is 5.17.